The van der Waals surface area contributed by atoms with Crippen molar-refractivity contribution in [1.82, 2.24) is 0 Å². The van der Waals surface area contributed by atoms with Gasteiger partial charge in [-0.3, -0.25) is 4.79 Å². The third-order valence-electron chi connectivity index (χ3n) is 2.48. The van der Waals surface area contributed by atoms with Crippen LogP contribution < -0.4 is 0 Å². The quantitative estimate of drug-likeness (QED) is 0.316. The second-order valence-electron chi connectivity index (χ2n) is 4.16. The van der Waals surface area contributed by atoms with Gasteiger partial charge in [-0.25, -0.2) is 0 Å². The van der Waals surface area contributed by atoms with Crippen LogP contribution in [-0.4, -0.2) is 12.6 Å². The Balaban J connectivity index is 3.06. The van der Waals surface area contributed by atoms with E-state index in [1.165, 1.54) is 45.4 Å². The Bertz CT molecular complexity index is 185. The molecular formula is C14H26O2. The zero-order valence-electron chi connectivity index (χ0n) is 10.8. The van der Waals surface area contributed by atoms with Crippen LogP contribution in [0.15, 0.2) is 12.2 Å². The fourth-order valence-corrected chi connectivity index (χ4v) is 1.55. The van der Waals surface area contributed by atoms with Gasteiger partial charge in [0, 0.05) is 6.92 Å². The summed E-state index contributed by atoms with van der Waals surface area (Å²) < 4.78 is 4.82. The van der Waals surface area contributed by atoms with E-state index >= 15 is 0 Å². The first-order valence-electron chi connectivity index (χ1n) is 6.55. The van der Waals surface area contributed by atoms with E-state index in [9.17, 15) is 4.79 Å². The molecule has 0 radical (unpaired) electrons. The van der Waals surface area contributed by atoms with Crippen molar-refractivity contribution in [2.45, 2.75) is 65.2 Å². The van der Waals surface area contributed by atoms with Crippen LogP contribution >= 0.6 is 0 Å². The maximum atomic E-state index is 10.5. The molecule has 0 aromatic carbocycles. The van der Waals surface area contributed by atoms with Crippen LogP contribution in [0.4, 0.5) is 0 Å². The summed E-state index contributed by atoms with van der Waals surface area (Å²) in [7, 11) is 0. The molecule has 0 atom stereocenters. The van der Waals surface area contributed by atoms with Gasteiger partial charge in [0.15, 0.2) is 0 Å². The highest BCUT2D eigenvalue weighted by Gasteiger charge is 1.90. The molecule has 0 aliphatic carbocycles. The van der Waals surface area contributed by atoms with Crippen LogP contribution in [0.25, 0.3) is 0 Å². The van der Waals surface area contributed by atoms with Gasteiger partial charge in [-0.2, -0.15) is 0 Å². The number of carbonyl (C=O) groups is 1. The number of rotatable bonds is 10. The van der Waals surface area contributed by atoms with Crippen molar-refractivity contribution in [2.75, 3.05) is 6.61 Å². The first-order chi connectivity index (χ1) is 7.77. The fourth-order valence-electron chi connectivity index (χ4n) is 1.55. The molecule has 0 saturated heterocycles. The number of esters is 1. The summed E-state index contributed by atoms with van der Waals surface area (Å²) in [5.74, 6) is -0.190. The Morgan fingerprint density at radius 2 is 1.62 bits per heavy atom. The average molecular weight is 226 g/mol. The largest absolute Gasteiger partial charge is 0.466 e. The molecular weight excluding hydrogens is 200 g/mol. The van der Waals surface area contributed by atoms with Crippen molar-refractivity contribution >= 4 is 5.97 Å². The third-order valence-corrected chi connectivity index (χ3v) is 2.48. The number of allylic oxidation sites excluding steroid dienone is 1. The van der Waals surface area contributed by atoms with E-state index in [0.29, 0.717) is 6.61 Å². The van der Waals surface area contributed by atoms with Crippen LogP contribution in [0.2, 0.25) is 0 Å². The van der Waals surface area contributed by atoms with E-state index in [0.717, 1.165) is 12.8 Å². The predicted octanol–water partition coefficient (Wildman–Crippen LogP) is 4.25. The standard InChI is InChI=1S/C14H26O2/c1-3-4-5-6-7-8-9-10-11-12-13-16-14(2)15/h10-11H,3-9,12-13H2,1-2H3/b11-10-. The molecule has 0 aromatic rings. The van der Waals surface area contributed by atoms with Gasteiger partial charge in [-0.15, -0.1) is 0 Å². The number of unbranched alkanes of at least 4 members (excludes halogenated alkanes) is 6. The van der Waals surface area contributed by atoms with Crippen molar-refractivity contribution in [2.24, 2.45) is 0 Å². The molecule has 0 aromatic heterocycles. The number of hydrogen-bond donors (Lipinski definition) is 0. The molecule has 0 fully saturated rings. The van der Waals surface area contributed by atoms with Crippen molar-refractivity contribution in [3.05, 3.63) is 12.2 Å². The maximum Gasteiger partial charge on any atom is 0.302 e. The molecule has 0 amide bonds. The van der Waals surface area contributed by atoms with Gasteiger partial charge in [0.2, 0.25) is 0 Å². The van der Waals surface area contributed by atoms with Crippen LogP contribution in [0.3, 0.4) is 0 Å². The lowest BCUT2D eigenvalue weighted by molar-refractivity contribution is -0.140. The number of hydrogen-bond acceptors (Lipinski definition) is 2. The molecule has 0 aliphatic rings. The summed E-state index contributed by atoms with van der Waals surface area (Å²) in [5.41, 5.74) is 0. The van der Waals surface area contributed by atoms with Crippen LogP contribution in [-0.2, 0) is 9.53 Å². The summed E-state index contributed by atoms with van der Waals surface area (Å²) in [5, 5.41) is 0. The van der Waals surface area contributed by atoms with Gasteiger partial charge in [-0.1, -0.05) is 51.2 Å². The minimum atomic E-state index is -0.190. The average Bonchev–Trinajstić information content (AvgIpc) is 2.25. The van der Waals surface area contributed by atoms with E-state index < -0.39 is 0 Å². The Hall–Kier alpha value is -0.790. The fraction of sp³-hybridized carbons (Fsp3) is 0.786. The molecule has 94 valence electrons. The highest BCUT2D eigenvalue weighted by Crippen LogP contribution is 2.07. The SMILES string of the molecule is CCCCCCCC/C=C\CCOC(C)=O. The normalized spacial score (nSPS) is 10.9. The molecule has 0 heterocycles. The summed E-state index contributed by atoms with van der Waals surface area (Å²) in [6.07, 6.45) is 14.4. The Kier molecular flexibility index (Phi) is 11.7. The Labute approximate surface area is 100 Å². The third kappa shape index (κ3) is 13.2. The minimum absolute atomic E-state index is 0.190. The van der Waals surface area contributed by atoms with E-state index in [4.69, 9.17) is 4.74 Å². The van der Waals surface area contributed by atoms with E-state index in [-0.39, 0.29) is 5.97 Å². The topological polar surface area (TPSA) is 26.3 Å². The first kappa shape index (κ1) is 15.2. The molecule has 0 spiro atoms. The molecule has 0 aliphatic heterocycles. The lowest BCUT2D eigenvalue weighted by Crippen LogP contribution is -1.98. The number of ether oxygens (including phenoxy) is 1. The summed E-state index contributed by atoms with van der Waals surface area (Å²) in [4.78, 5) is 10.5. The van der Waals surface area contributed by atoms with Gasteiger partial charge in [0.1, 0.15) is 0 Å². The molecule has 0 saturated carbocycles. The molecule has 0 N–H and O–H groups in total. The monoisotopic (exact) mass is 226 g/mol. The number of carbonyl (C=O) groups excluding carboxylic acids is 1. The van der Waals surface area contributed by atoms with E-state index in [1.54, 1.807) is 0 Å². The second kappa shape index (κ2) is 12.3. The highest BCUT2D eigenvalue weighted by molar-refractivity contribution is 5.65. The lowest BCUT2D eigenvalue weighted by Gasteiger charge is -1.98. The van der Waals surface area contributed by atoms with Crippen LogP contribution in [0.1, 0.15) is 65.2 Å². The van der Waals surface area contributed by atoms with Crippen molar-refractivity contribution in [3.63, 3.8) is 0 Å². The predicted molar refractivity (Wildman–Crippen MR) is 68.4 cm³/mol. The van der Waals surface area contributed by atoms with E-state index in [1.807, 2.05) is 0 Å². The minimum Gasteiger partial charge on any atom is -0.466 e. The maximum absolute atomic E-state index is 10.5. The van der Waals surface area contributed by atoms with Gasteiger partial charge in [-0.05, 0) is 19.3 Å². The molecule has 0 rings (SSSR count). The van der Waals surface area contributed by atoms with Crippen molar-refractivity contribution < 1.29 is 9.53 Å². The van der Waals surface area contributed by atoms with Gasteiger partial charge in [0.25, 0.3) is 0 Å². The Morgan fingerprint density at radius 3 is 2.31 bits per heavy atom. The summed E-state index contributed by atoms with van der Waals surface area (Å²) >= 11 is 0. The zero-order valence-corrected chi connectivity index (χ0v) is 10.8. The Morgan fingerprint density at radius 1 is 1.00 bits per heavy atom. The molecule has 0 bridgehead atoms. The summed E-state index contributed by atoms with van der Waals surface area (Å²) in [6.45, 7) is 4.20. The van der Waals surface area contributed by atoms with Crippen molar-refractivity contribution in [3.8, 4) is 0 Å². The highest BCUT2D eigenvalue weighted by atomic mass is 16.5. The lowest BCUT2D eigenvalue weighted by atomic mass is 10.1. The summed E-state index contributed by atoms with van der Waals surface area (Å²) in [6, 6.07) is 0. The molecule has 0 unspecified atom stereocenters. The zero-order chi connectivity index (χ0) is 12.1. The molecule has 16 heavy (non-hydrogen) atoms. The van der Waals surface area contributed by atoms with E-state index in [2.05, 4.69) is 19.1 Å². The molecule has 2 nitrogen and oxygen atoms in total. The van der Waals surface area contributed by atoms with Crippen LogP contribution in [0.5, 0.6) is 0 Å². The van der Waals surface area contributed by atoms with Crippen molar-refractivity contribution in [1.29, 1.82) is 0 Å². The van der Waals surface area contributed by atoms with Gasteiger partial charge >= 0.3 is 5.97 Å². The first-order valence-corrected chi connectivity index (χ1v) is 6.55. The van der Waals surface area contributed by atoms with Crippen LogP contribution in [0, 0.1) is 0 Å². The van der Waals surface area contributed by atoms with Gasteiger partial charge < -0.3 is 4.74 Å². The second-order valence-corrected chi connectivity index (χ2v) is 4.16. The smallest absolute Gasteiger partial charge is 0.302 e. The van der Waals surface area contributed by atoms with Gasteiger partial charge in [0.05, 0.1) is 6.61 Å². The molecule has 2 heteroatoms.